The Labute approximate surface area is 156 Å². The van der Waals surface area contributed by atoms with Crippen LogP contribution in [0.3, 0.4) is 0 Å². The van der Waals surface area contributed by atoms with Gasteiger partial charge in [0.15, 0.2) is 6.04 Å². The number of hydrogen-bond donors (Lipinski definition) is 2. The van der Waals surface area contributed by atoms with Gasteiger partial charge in [-0.1, -0.05) is 6.07 Å². The summed E-state index contributed by atoms with van der Waals surface area (Å²) in [6, 6.07) is 9.61. The van der Waals surface area contributed by atoms with Gasteiger partial charge in [0.1, 0.15) is 0 Å². The number of benzene rings is 1. The van der Waals surface area contributed by atoms with E-state index in [0.717, 1.165) is 17.8 Å². The molecule has 0 saturated heterocycles. The van der Waals surface area contributed by atoms with E-state index >= 15 is 0 Å². The molecule has 0 heterocycles. The Morgan fingerprint density at radius 1 is 1.19 bits per heavy atom. The average Bonchev–Trinajstić information content (AvgIpc) is 2.60. The minimum absolute atomic E-state index is 0.0247. The number of nitrogens with zero attached hydrogens (tertiary/aromatic N) is 1. The summed E-state index contributed by atoms with van der Waals surface area (Å²) in [6.45, 7) is 4.34. The van der Waals surface area contributed by atoms with Crippen molar-refractivity contribution in [2.24, 2.45) is 23.2 Å². The summed E-state index contributed by atoms with van der Waals surface area (Å²) in [5, 5.41) is 14.3. The normalized spacial score (nSPS) is 34.1. The Bertz CT molecular complexity index is 700. The number of quaternary nitrogens is 1. The van der Waals surface area contributed by atoms with Gasteiger partial charge in [-0.25, -0.2) is 0 Å². The van der Waals surface area contributed by atoms with Crippen LogP contribution in [0.25, 0.3) is 0 Å². The molecule has 5 rings (SSSR count). The van der Waals surface area contributed by atoms with Crippen molar-refractivity contribution in [1.82, 2.24) is 0 Å². The first-order valence-corrected chi connectivity index (χ1v) is 10.1. The van der Waals surface area contributed by atoms with Gasteiger partial charge >= 0.3 is 0 Å². The zero-order valence-electron chi connectivity index (χ0n) is 15.9. The maximum atomic E-state index is 12.6. The van der Waals surface area contributed by atoms with Crippen LogP contribution in [0, 0.1) is 34.5 Å². The van der Waals surface area contributed by atoms with Crippen LogP contribution in [-0.4, -0.2) is 18.0 Å². The zero-order valence-corrected chi connectivity index (χ0v) is 15.9. The molecule has 0 spiro atoms. The van der Waals surface area contributed by atoms with E-state index in [2.05, 4.69) is 23.6 Å². The fourth-order valence-corrected chi connectivity index (χ4v) is 6.38. The monoisotopic (exact) mass is 352 g/mol. The van der Waals surface area contributed by atoms with Crippen molar-refractivity contribution in [2.45, 2.75) is 64.5 Å². The summed E-state index contributed by atoms with van der Waals surface area (Å²) in [7, 11) is 0. The van der Waals surface area contributed by atoms with Crippen molar-refractivity contribution in [2.75, 3.05) is 5.32 Å². The molecule has 0 unspecified atom stereocenters. The number of carbonyl (C=O) groups excluding carboxylic acids is 1. The van der Waals surface area contributed by atoms with E-state index in [-0.39, 0.29) is 11.9 Å². The number of nitrogens with one attached hydrogen (secondary N) is 1. The fourth-order valence-electron chi connectivity index (χ4n) is 6.38. The van der Waals surface area contributed by atoms with Crippen molar-refractivity contribution in [3.63, 3.8) is 0 Å². The lowest BCUT2D eigenvalue weighted by Crippen LogP contribution is -2.98. The number of carbonyl (C=O) groups is 1. The van der Waals surface area contributed by atoms with E-state index in [0.29, 0.717) is 22.7 Å². The van der Waals surface area contributed by atoms with Gasteiger partial charge in [0.05, 0.1) is 17.7 Å². The van der Waals surface area contributed by atoms with Gasteiger partial charge in [-0.3, -0.25) is 4.79 Å². The smallest absolute Gasteiger partial charge is 0.282 e. The van der Waals surface area contributed by atoms with E-state index < -0.39 is 0 Å². The minimum atomic E-state index is -0.122. The highest BCUT2D eigenvalue weighted by molar-refractivity contribution is 5.93. The molecular formula is C22H30N3O+. The predicted octanol–water partition coefficient (Wildman–Crippen LogP) is 3.05. The molecule has 1 aromatic rings. The van der Waals surface area contributed by atoms with E-state index in [1.807, 2.05) is 13.0 Å². The summed E-state index contributed by atoms with van der Waals surface area (Å²) in [5.41, 5.74) is 1.72. The molecular weight excluding hydrogens is 322 g/mol. The molecule has 1 amide bonds. The molecule has 4 aliphatic rings. The van der Waals surface area contributed by atoms with Crippen LogP contribution in [0.5, 0.6) is 0 Å². The maximum absolute atomic E-state index is 12.6. The average molecular weight is 353 g/mol. The second-order valence-corrected chi connectivity index (χ2v) is 9.23. The Morgan fingerprint density at radius 2 is 1.81 bits per heavy atom. The van der Waals surface area contributed by atoms with Gasteiger partial charge < -0.3 is 10.6 Å². The van der Waals surface area contributed by atoms with E-state index in [4.69, 9.17) is 5.26 Å². The Morgan fingerprint density at radius 3 is 2.38 bits per heavy atom. The third-order valence-corrected chi connectivity index (χ3v) is 7.30. The lowest BCUT2D eigenvalue weighted by molar-refractivity contribution is -0.718. The highest BCUT2D eigenvalue weighted by Gasteiger charge is 2.54. The standard InChI is InChI=1S/C22H29N3O/c1-14(21(26)25-20-5-3-4-16(9-20)13-23)24-15(2)22-10-17-6-18(11-22)8-19(7-17)12-22/h3-5,9,14-15,17-19,24H,6-8,10-12H2,1-2H3,(H,25,26)/p+1/t14-,15-,17?,18?,19?,22?/m1/s1. The molecule has 4 aliphatic carbocycles. The molecule has 0 aromatic heterocycles. The first-order valence-electron chi connectivity index (χ1n) is 10.1. The topological polar surface area (TPSA) is 69.5 Å². The summed E-state index contributed by atoms with van der Waals surface area (Å²) in [6.07, 6.45) is 8.48. The van der Waals surface area contributed by atoms with Crippen molar-refractivity contribution < 1.29 is 10.1 Å². The van der Waals surface area contributed by atoms with Crippen LogP contribution in [-0.2, 0) is 4.79 Å². The van der Waals surface area contributed by atoms with E-state index in [1.54, 1.807) is 18.2 Å². The fraction of sp³-hybridized carbons (Fsp3) is 0.636. The molecule has 3 N–H and O–H groups in total. The van der Waals surface area contributed by atoms with Crippen molar-refractivity contribution in [3.05, 3.63) is 29.8 Å². The van der Waals surface area contributed by atoms with Gasteiger partial charge in [0.25, 0.3) is 5.91 Å². The quantitative estimate of drug-likeness (QED) is 0.855. The SMILES string of the molecule is C[C@@H]([NH2+][C@H](C)C12CC3CC(CC(C3)C1)C2)C(=O)Nc1cccc(C#N)c1. The highest BCUT2D eigenvalue weighted by atomic mass is 16.2. The van der Waals surface area contributed by atoms with Gasteiger partial charge in [-0.2, -0.15) is 5.26 Å². The molecule has 4 saturated carbocycles. The van der Waals surface area contributed by atoms with Crippen LogP contribution in [0.1, 0.15) is 57.9 Å². The first-order chi connectivity index (χ1) is 12.5. The van der Waals surface area contributed by atoms with Crippen LogP contribution in [0.15, 0.2) is 24.3 Å². The predicted molar refractivity (Wildman–Crippen MR) is 101 cm³/mol. The molecule has 4 fully saturated rings. The van der Waals surface area contributed by atoms with Gasteiger partial charge in [-0.05, 0) is 88.3 Å². The van der Waals surface area contributed by atoms with E-state index in [9.17, 15) is 4.79 Å². The molecule has 1 aromatic carbocycles. The van der Waals surface area contributed by atoms with Crippen LogP contribution >= 0.6 is 0 Å². The number of nitrogens with two attached hydrogens (primary N) is 1. The van der Waals surface area contributed by atoms with Crippen molar-refractivity contribution in [1.29, 1.82) is 5.26 Å². The van der Waals surface area contributed by atoms with Gasteiger partial charge in [-0.15, -0.1) is 0 Å². The molecule has 138 valence electrons. The molecule has 4 heteroatoms. The second-order valence-electron chi connectivity index (χ2n) is 9.23. The summed E-state index contributed by atoms with van der Waals surface area (Å²) in [4.78, 5) is 12.6. The third-order valence-electron chi connectivity index (χ3n) is 7.30. The number of hydrogen-bond acceptors (Lipinski definition) is 2. The van der Waals surface area contributed by atoms with Crippen molar-refractivity contribution in [3.8, 4) is 6.07 Å². The lowest BCUT2D eigenvalue weighted by atomic mass is 9.48. The second kappa shape index (κ2) is 6.70. The Kier molecular flexibility index (Phi) is 4.52. The summed E-state index contributed by atoms with van der Waals surface area (Å²) in [5.74, 6) is 2.84. The largest absolute Gasteiger partial charge is 0.334 e. The highest BCUT2D eigenvalue weighted by Crippen LogP contribution is 2.60. The molecule has 4 nitrogen and oxygen atoms in total. The van der Waals surface area contributed by atoms with Crippen LogP contribution in [0.4, 0.5) is 5.69 Å². The van der Waals surface area contributed by atoms with Crippen LogP contribution < -0.4 is 10.6 Å². The zero-order chi connectivity index (χ0) is 18.3. The van der Waals surface area contributed by atoms with Crippen molar-refractivity contribution >= 4 is 11.6 Å². The molecule has 0 aliphatic heterocycles. The number of rotatable bonds is 5. The Balaban J connectivity index is 1.39. The minimum Gasteiger partial charge on any atom is -0.334 e. The summed E-state index contributed by atoms with van der Waals surface area (Å²) >= 11 is 0. The molecule has 4 bridgehead atoms. The lowest BCUT2D eigenvalue weighted by Gasteiger charge is -2.58. The molecule has 26 heavy (non-hydrogen) atoms. The summed E-state index contributed by atoms with van der Waals surface area (Å²) < 4.78 is 0. The number of nitriles is 1. The first kappa shape index (κ1) is 17.5. The number of anilines is 1. The number of amides is 1. The van der Waals surface area contributed by atoms with Gasteiger partial charge in [0.2, 0.25) is 0 Å². The molecule has 0 radical (unpaired) electrons. The third kappa shape index (κ3) is 3.25. The van der Waals surface area contributed by atoms with Crippen LogP contribution in [0.2, 0.25) is 0 Å². The van der Waals surface area contributed by atoms with E-state index in [1.165, 1.54) is 38.5 Å². The molecule has 2 atom stereocenters. The van der Waals surface area contributed by atoms with Gasteiger partial charge in [0, 0.05) is 11.1 Å². The maximum Gasteiger partial charge on any atom is 0.282 e. The Hall–Kier alpha value is -1.86.